The van der Waals surface area contributed by atoms with Gasteiger partial charge in [-0.25, -0.2) is 0 Å². The van der Waals surface area contributed by atoms with Crippen LogP contribution in [-0.2, 0) is 0 Å². The van der Waals surface area contributed by atoms with Gasteiger partial charge in [-0.05, 0) is 55.3 Å². The maximum absolute atomic E-state index is 5.11. The number of aromatic nitrogens is 1. The molecule has 0 unspecified atom stereocenters. The molecule has 0 radical (unpaired) electrons. The van der Waals surface area contributed by atoms with Crippen molar-refractivity contribution in [3.63, 3.8) is 0 Å². The Morgan fingerprint density at radius 2 is 1.73 bits per heavy atom. The summed E-state index contributed by atoms with van der Waals surface area (Å²) in [6.45, 7) is 4.40. The van der Waals surface area contributed by atoms with Gasteiger partial charge in [0.1, 0.15) is 6.04 Å². The van der Waals surface area contributed by atoms with Gasteiger partial charge in [0.05, 0.1) is 11.7 Å². The minimum absolute atomic E-state index is 0.0543. The summed E-state index contributed by atoms with van der Waals surface area (Å²) in [7, 11) is 0. The summed E-state index contributed by atoms with van der Waals surface area (Å²) < 4.78 is 0. The van der Waals surface area contributed by atoms with Crippen LogP contribution in [0.5, 0.6) is 0 Å². The molecule has 0 N–H and O–H groups in total. The fourth-order valence-corrected chi connectivity index (χ4v) is 6.34. The number of rotatable bonds is 5. The number of hydrogen-bond acceptors (Lipinski definition) is 5. The van der Waals surface area contributed by atoms with Gasteiger partial charge in [-0.2, -0.15) is 0 Å². The molecule has 5 heteroatoms. The highest BCUT2D eigenvalue weighted by Gasteiger charge is 2.45. The van der Waals surface area contributed by atoms with Gasteiger partial charge < -0.3 is 4.90 Å². The molecule has 0 amide bonds. The monoisotopic (exact) mass is 431 g/mol. The number of fused-ring (bicyclic) bond motifs is 1. The normalized spacial score (nSPS) is 22.8. The van der Waals surface area contributed by atoms with Crippen LogP contribution in [0, 0.1) is 6.92 Å². The van der Waals surface area contributed by atoms with Crippen LogP contribution >= 0.6 is 23.5 Å². The van der Waals surface area contributed by atoms with Crippen LogP contribution in [-0.4, -0.2) is 26.8 Å². The molecule has 152 valence electrons. The van der Waals surface area contributed by atoms with Crippen LogP contribution in [0.15, 0.2) is 87.7 Å². The number of nitrogens with zero attached hydrogens (tertiary/aromatic N) is 3. The van der Waals surface area contributed by atoms with Crippen molar-refractivity contribution >= 4 is 28.7 Å². The number of hydrogen-bond donors (Lipinski definition) is 0. The van der Waals surface area contributed by atoms with E-state index in [9.17, 15) is 0 Å². The maximum atomic E-state index is 5.11. The lowest BCUT2D eigenvalue weighted by molar-refractivity contribution is 0.255. The smallest absolute Gasteiger partial charge is 0.160 e. The molecule has 3 nitrogen and oxygen atoms in total. The SMILES string of the molecule is CC[C@@H]1CSC2=N[C@H](c3ccccn3)[C@@H](c3ccc(Sc4ccc(C)cc4)cc3)N21. The van der Waals surface area contributed by atoms with Gasteiger partial charge in [0.25, 0.3) is 0 Å². The quantitative estimate of drug-likeness (QED) is 0.460. The Labute approximate surface area is 187 Å². The highest BCUT2D eigenvalue weighted by molar-refractivity contribution is 8.14. The first-order valence-corrected chi connectivity index (χ1v) is 12.3. The van der Waals surface area contributed by atoms with Crippen molar-refractivity contribution in [2.75, 3.05) is 5.75 Å². The number of aryl methyl sites for hydroxylation is 1. The molecule has 2 aliphatic heterocycles. The van der Waals surface area contributed by atoms with Crippen LogP contribution in [0.2, 0.25) is 0 Å². The van der Waals surface area contributed by atoms with Gasteiger partial charge in [0.2, 0.25) is 0 Å². The lowest BCUT2D eigenvalue weighted by atomic mass is 9.95. The van der Waals surface area contributed by atoms with E-state index in [0.29, 0.717) is 6.04 Å². The molecule has 0 aliphatic carbocycles. The first kappa shape index (κ1) is 19.7. The largest absolute Gasteiger partial charge is 0.338 e. The van der Waals surface area contributed by atoms with Crippen LogP contribution in [0.1, 0.15) is 42.2 Å². The molecule has 0 bridgehead atoms. The van der Waals surface area contributed by atoms with E-state index >= 15 is 0 Å². The minimum atomic E-state index is 0.0543. The standard InChI is InChI=1S/C25H25N3S2/c1-3-19-16-29-25-27-23(22-6-4-5-15-26-22)24(28(19)25)18-9-13-21(14-10-18)30-20-11-7-17(2)8-12-20/h4-15,19,23-24H,3,16H2,1-2H3/t19-,23-,24-/m1/s1. The van der Waals surface area contributed by atoms with E-state index in [4.69, 9.17) is 4.99 Å². The molecule has 3 heterocycles. The molecular formula is C25H25N3S2. The first-order valence-electron chi connectivity index (χ1n) is 10.5. The highest BCUT2D eigenvalue weighted by Crippen LogP contribution is 2.48. The molecule has 2 aliphatic rings. The third kappa shape index (κ3) is 3.77. The van der Waals surface area contributed by atoms with Crippen molar-refractivity contribution < 1.29 is 0 Å². The predicted molar refractivity (Wildman–Crippen MR) is 127 cm³/mol. The average molecular weight is 432 g/mol. The summed E-state index contributed by atoms with van der Waals surface area (Å²) >= 11 is 3.70. The van der Waals surface area contributed by atoms with E-state index < -0.39 is 0 Å². The summed E-state index contributed by atoms with van der Waals surface area (Å²) in [5.41, 5.74) is 3.66. The van der Waals surface area contributed by atoms with Gasteiger partial charge in [-0.1, -0.05) is 66.3 Å². The molecule has 30 heavy (non-hydrogen) atoms. The minimum Gasteiger partial charge on any atom is -0.338 e. The van der Waals surface area contributed by atoms with E-state index in [1.807, 2.05) is 35.8 Å². The zero-order chi connectivity index (χ0) is 20.5. The fourth-order valence-electron chi connectivity index (χ4n) is 4.19. The Kier molecular flexibility index (Phi) is 5.57. The van der Waals surface area contributed by atoms with Gasteiger partial charge in [-0.15, -0.1) is 0 Å². The molecule has 3 atom stereocenters. The summed E-state index contributed by atoms with van der Waals surface area (Å²) in [5, 5.41) is 1.18. The predicted octanol–water partition coefficient (Wildman–Crippen LogP) is 6.52. The third-order valence-corrected chi connectivity index (χ3v) is 7.95. The molecule has 0 spiro atoms. The molecule has 2 aromatic carbocycles. The van der Waals surface area contributed by atoms with Crippen LogP contribution < -0.4 is 0 Å². The van der Waals surface area contributed by atoms with Crippen molar-refractivity contribution in [3.05, 3.63) is 89.7 Å². The van der Waals surface area contributed by atoms with Crippen LogP contribution in [0.3, 0.4) is 0 Å². The van der Waals surface area contributed by atoms with Crippen molar-refractivity contribution in [3.8, 4) is 0 Å². The van der Waals surface area contributed by atoms with E-state index in [-0.39, 0.29) is 12.1 Å². The maximum Gasteiger partial charge on any atom is 0.160 e. The zero-order valence-electron chi connectivity index (χ0n) is 17.2. The Bertz CT molecular complexity index is 1030. The summed E-state index contributed by atoms with van der Waals surface area (Å²) in [6.07, 6.45) is 3.01. The average Bonchev–Trinajstić information content (AvgIpc) is 3.36. The van der Waals surface area contributed by atoms with Gasteiger partial charge in [0.15, 0.2) is 5.17 Å². The van der Waals surface area contributed by atoms with Gasteiger partial charge in [-0.3, -0.25) is 9.98 Å². The fraction of sp³-hybridized carbons (Fsp3) is 0.280. The summed E-state index contributed by atoms with van der Waals surface area (Å²) in [4.78, 5) is 14.8. The van der Waals surface area contributed by atoms with Gasteiger partial charge >= 0.3 is 0 Å². The van der Waals surface area contributed by atoms with Gasteiger partial charge in [0, 0.05) is 27.8 Å². The second-order valence-corrected chi connectivity index (χ2v) is 9.95. The highest BCUT2D eigenvalue weighted by atomic mass is 32.2. The van der Waals surface area contributed by atoms with Crippen molar-refractivity contribution in [2.45, 2.75) is 48.2 Å². The number of amidine groups is 1. The Morgan fingerprint density at radius 3 is 2.40 bits per heavy atom. The van der Waals surface area contributed by atoms with Crippen molar-refractivity contribution in [1.29, 1.82) is 0 Å². The molecular weight excluding hydrogens is 406 g/mol. The molecule has 1 fully saturated rings. The van der Waals surface area contributed by atoms with Crippen LogP contribution in [0.4, 0.5) is 0 Å². The molecule has 5 rings (SSSR count). The van der Waals surface area contributed by atoms with Crippen LogP contribution in [0.25, 0.3) is 0 Å². The molecule has 1 saturated heterocycles. The van der Waals surface area contributed by atoms with E-state index in [0.717, 1.165) is 17.9 Å². The number of benzene rings is 2. The van der Waals surface area contributed by atoms with Crippen molar-refractivity contribution in [1.82, 2.24) is 9.88 Å². The molecule has 1 aromatic heterocycles. The Morgan fingerprint density at radius 1 is 1.00 bits per heavy atom. The van der Waals surface area contributed by atoms with E-state index in [1.165, 1.54) is 26.1 Å². The number of pyridine rings is 1. The molecule has 0 saturated carbocycles. The summed E-state index contributed by atoms with van der Waals surface area (Å²) in [6, 6.07) is 24.7. The molecule has 3 aromatic rings. The Balaban J connectivity index is 1.44. The third-order valence-electron chi connectivity index (χ3n) is 5.81. The van der Waals surface area contributed by atoms with Crippen molar-refractivity contribution in [2.24, 2.45) is 4.99 Å². The lowest BCUT2D eigenvalue weighted by Crippen LogP contribution is -2.35. The zero-order valence-corrected chi connectivity index (χ0v) is 18.9. The Hall–Kier alpha value is -2.24. The second kappa shape index (κ2) is 8.48. The topological polar surface area (TPSA) is 28.5 Å². The number of aliphatic imine (C=N–C) groups is 1. The first-order chi connectivity index (χ1) is 14.7. The second-order valence-electron chi connectivity index (χ2n) is 7.82. The van der Waals surface area contributed by atoms with E-state index in [1.54, 1.807) is 0 Å². The van der Waals surface area contributed by atoms with E-state index in [2.05, 4.69) is 84.4 Å². The lowest BCUT2D eigenvalue weighted by Gasteiger charge is -2.32. The summed E-state index contributed by atoms with van der Waals surface area (Å²) in [5.74, 6) is 1.13. The number of thioether (sulfide) groups is 1.